The van der Waals surface area contributed by atoms with Gasteiger partial charge in [-0.2, -0.15) is 0 Å². The molecule has 2 aromatic rings. The molecule has 0 aliphatic carbocycles. The van der Waals surface area contributed by atoms with Crippen molar-refractivity contribution in [2.75, 3.05) is 18.0 Å². The summed E-state index contributed by atoms with van der Waals surface area (Å²) in [5.41, 5.74) is -0.321. The van der Waals surface area contributed by atoms with Crippen LogP contribution < -0.4 is 15.0 Å². The summed E-state index contributed by atoms with van der Waals surface area (Å²) in [7, 11) is 0. The highest BCUT2D eigenvalue weighted by Crippen LogP contribution is 2.22. The third-order valence-corrected chi connectivity index (χ3v) is 4.42. The maximum absolute atomic E-state index is 12.5. The molecule has 2 aromatic carbocycles. The Hall–Kier alpha value is -2.73. The van der Waals surface area contributed by atoms with Gasteiger partial charge in [0.2, 0.25) is 0 Å². The smallest absolute Gasteiger partial charge is 0.414 e. The van der Waals surface area contributed by atoms with Gasteiger partial charge in [0.1, 0.15) is 11.9 Å². The Bertz CT molecular complexity index is 808. The Balaban J connectivity index is 1.54. The molecule has 1 fully saturated rings. The number of nitrogens with zero attached hydrogens (tertiary/aromatic N) is 1. The molecule has 0 saturated carbocycles. The van der Waals surface area contributed by atoms with Crippen LogP contribution in [0.2, 0.25) is 5.02 Å². The van der Waals surface area contributed by atoms with Crippen molar-refractivity contribution >= 4 is 29.3 Å². The second kappa shape index (κ2) is 7.88. The largest absolute Gasteiger partial charge is 0.478 e. The molecule has 0 bridgehead atoms. The first-order valence-electron chi connectivity index (χ1n) is 8.61. The van der Waals surface area contributed by atoms with Gasteiger partial charge in [-0.3, -0.25) is 9.69 Å². The summed E-state index contributed by atoms with van der Waals surface area (Å²) in [5.74, 6) is 0.244. The number of ether oxygens (including phenoxy) is 2. The lowest BCUT2D eigenvalue weighted by molar-refractivity contribution is -0.134. The summed E-state index contributed by atoms with van der Waals surface area (Å²) < 4.78 is 11.1. The SMILES string of the molecule is CC(C)(Oc1ccc(Cl)cc1)C(=O)NC[C@@H]1CN(c2ccccc2)C(=O)O1. The van der Waals surface area contributed by atoms with Crippen molar-refractivity contribution in [2.24, 2.45) is 0 Å². The van der Waals surface area contributed by atoms with Crippen LogP contribution in [0, 0.1) is 0 Å². The van der Waals surface area contributed by atoms with E-state index in [1.807, 2.05) is 30.3 Å². The second-order valence-corrected chi connectivity index (χ2v) is 7.16. The van der Waals surface area contributed by atoms with Crippen molar-refractivity contribution in [3.63, 3.8) is 0 Å². The minimum Gasteiger partial charge on any atom is -0.478 e. The van der Waals surface area contributed by atoms with E-state index in [0.29, 0.717) is 17.3 Å². The van der Waals surface area contributed by atoms with E-state index in [0.717, 1.165) is 5.69 Å². The van der Waals surface area contributed by atoms with E-state index in [4.69, 9.17) is 21.1 Å². The Labute approximate surface area is 163 Å². The van der Waals surface area contributed by atoms with Crippen molar-refractivity contribution in [1.29, 1.82) is 0 Å². The van der Waals surface area contributed by atoms with Gasteiger partial charge in [0.05, 0.1) is 13.1 Å². The van der Waals surface area contributed by atoms with Gasteiger partial charge in [0.15, 0.2) is 5.60 Å². The molecule has 1 aliphatic rings. The fourth-order valence-electron chi connectivity index (χ4n) is 2.71. The number of carbonyl (C=O) groups is 2. The summed E-state index contributed by atoms with van der Waals surface area (Å²) in [5, 5.41) is 3.39. The van der Waals surface area contributed by atoms with Gasteiger partial charge in [-0.05, 0) is 50.2 Å². The van der Waals surface area contributed by atoms with Crippen LogP contribution in [-0.4, -0.2) is 36.8 Å². The number of rotatable bonds is 6. The molecule has 0 unspecified atom stereocenters. The molecule has 0 radical (unpaired) electrons. The summed E-state index contributed by atoms with van der Waals surface area (Å²) in [6.45, 7) is 3.94. The molecule has 6 nitrogen and oxygen atoms in total. The van der Waals surface area contributed by atoms with Crippen LogP contribution in [0.15, 0.2) is 54.6 Å². The highest BCUT2D eigenvalue weighted by atomic mass is 35.5. The summed E-state index contributed by atoms with van der Waals surface area (Å²) in [6.07, 6.45) is -0.842. The molecule has 1 N–H and O–H groups in total. The average molecular weight is 389 g/mol. The fourth-order valence-corrected chi connectivity index (χ4v) is 2.84. The molecule has 3 rings (SSSR count). The van der Waals surface area contributed by atoms with Gasteiger partial charge in [-0.15, -0.1) is 0 Å². The lowest BCUT2D eigenvalue weighted by Gasteiger charge is -2.25. The fraction of sp³-hybridized carbons (Fsp3) is 0.300. The van der Waals surface area contributed by atoms with Gasteiger partial charge >= 0.3 is 6.09 Å². The molecule has 27 heavy (non-hydrogen) atoms. The first kappa shape index (κ1) is 19.0. The molecule has 0 spiro atoms. The van der Waals surface area contributed by atoms with E-state index in [9.17, 15) is 9.59 Å². The number of nitrogens with one attached hydrogen (secondary N) is 1. The zero-order valence-corrected chi connectivity index (χ0v) is 15.9. The first-order valence-corrected chi connectivity index (χ1v) is 8.99. The van der Waals surface area contributed by atoms with Gasteiger partial charge in [0, 0.05) is 10.7 Å². The molecule has 2 amide bonds. The number of halogens is 1. The first-order chi connectivity index (χ1) is 12.8. The number of para-hydroxylation sites is 1. The minimum atomic E-state index is -1.09. The van der Waals surface area contributed by atoms with Crippen LogP contribution in [0.5, 0.6) is 5.75 Å². The van der Waals surface area contributed by atoms with Crippen molar-refractivity contribution in [1.82, 2.24) is 5.32 Å². The molecule has 1 heterocycles. The molecule has 142 valence electrons. The van der Waals surface area contributed by atoms with Crippen LogP contribution in [-0.2, 0) is 9.53 Å². The number of amides is 2. The highest BCUT2D eigenvalue weighted by Gasteiger charge is 2.35. The molecule has 1 aliphatic heterocycles. The van der Waals surface area contributed by atoms with E-state index in [2.05, 4.69) is 5.32 Å². The van der Waals surface area contributed by atoms with Crippen LogP contribution in [0.1, 0.15) is 13.8 Å². The standard InChI is InChI=1S/C20H21ClN2O4/c1-20(2,27-16-10-8-14(21)9-11-16)18(24)22-12-17-13-23(19(25)26-17)15-6-4-3-5-7-15/h3-11,17H,12-13H2,1-2H3,(H,22,24)/t17-/m1/s1. The number of carbonyl (C=O) groups excluding carboxylic acids is 2. The normalized spacial score (nSPS) is 16.8. The van der Waals surface area contributed by atoms with E-state index < -0.39 is 17.8 Å². The van der Waals surface area contributed by atoms with Gasteiger partial charge in [0.25, 0.3) is 5.91 Å². The minimum absolute atomic E-state index is 0.210. The zero-order valence-electron chi connectivity index (χ0n) is 15.1. The van der Waals surface area contributed by atoms with E-state index >= 15 is 0 Å². The topological polar surface area (TPSA) is 67.9 Å². The number of cyclic esters (lactones) is 1. The summed E-state index contributed by atoms with van der Waals surface area (Å²) >= 11 is 5.86. The predicted octanol–water partition coefficient (Wildman–Crippen LogP) is 3.64. The van der Waals surface area contributed by atoms with Crippen molar-refractivity contribution < 1.29 is 19.1 Å². The van der Waals surface area contributed by atoms with Gasteiger partial charge in [-0.1, -0.05) is 29.8 Å². The zero-order chi connectivity index (χ0) is 19.4. The average Bonchev–Trinajstić information content (AvgIpc) is 3.03. The number of hydrogen-bond acceptors (Lipinski definition) is 4. The Morgan fingerprint density at radius 1 is 1.22 bits per heavy atom. The molecular weight excluding hydrogens is 368 g/mol. The van der Waals surface area contributed by atoms with Crippen molar-refractivity contribution in [3.05, 3.63) is 59.6 Å². The van der Waals surface area contributed by atoms with Crippen LogP contribution in [0.25, 0.3) is 0 Å². The van der Waals surface area contributed by atoms with E-state index in [1.165, 1.54) is 0 Å². The quantitative estimate of drug-likeness (QED) is 0.820. The maximum Gasteiger partial charge on any atom is 0.414 e. The maximum atomic E-state index is 12.5. The number of anilines is 1. The third-order valence-electron chi connectivity index (χ3n) is 4.17. The summed E-state index contributed by atoms with van der Waals surface area (Å²) in [6, 6.07) is 16.1. The monoisotopic (exact) mass is 388 g/mol. The molecule has 1 atom stereocenters. The molecule has 7 heteroatoms. The van der Waals surface area contributed by atoms with Crippen molar-refractivity contribution in [3.8, 4) is 5.75 Å². The van der Waals surface area contributed by atoms with Crippen LogP contribution >= 0.6 is 11.6 Å². The van der Waals surface area contributed by atoms with E-state index in [-0.39, 0.29) is 12.5 Å². The second-order valence-electron chi connectivity index (χ2n) is 6.73. The predicted molar refractivity (Wildman–Crippen MR) is 103 cm³/mol. The van der Waals surface area contributed by atoms with Crippen LogP contribution in [0.3, 0.4) is 0 Å². The van der Waals surface area contributed by atoms with Crippen LogP contribution in [0.4, 0.5) is 10.5 Å². The molecule has 0 aromatic heterocycles. The van der Waals surface area contributed by atoms with Gasteiger partial charge < -0.3 is 14.8 Å². The van der Waals surface area contributed by atoms with Gasteiger partial charge in [-0.25, -0.2) is 4.79 Å². The third kappa shape index (κ3) is 4.71. The van der Waals surface area contributed by atoms with E-state index in [1.54, 1.807) is 43.0 Å². The number of benzene rings is 2. The number of hydrogen-bond donors (Lipinski definition) is 1. The van der Waals surface area contributed by atoms with Crippen molar-refractivity contribution in [2.45, 2.75) is 25.6 Å². The lowest BCUT2D eigenvalue weighted by Crippen LogP contribution is -2.48. The highest BCUT2D eigenvalue weighted by molar-refractivity contribution is 6.30. The summed E-state index contributed by atoms with van der Waals surface area (Å²) in [4.78, 5) is 26.1. The molecular formula is C20H21ClN2O4. The Kier molecular flexibility index (Phi) is 5.56. The Morgan fingerprint density at radius 2 is 1.89 bits per heavy atom. The Morgan fingerprint density at radius 3 is 2.56 bits per heavy atom. The molecule has 1 saturated heterocycles. The lowest BCUT2D eigenvalue weighted by atomic mass is 10.1.